The Balaban J connectivity index is 2.37. The SMILES string of the molecule is COc1cccc(C(=O)/C(C#N)=C\c2cccn2C)c1. The van der Waals surface area contributed by atoms with Crippen LogP contribution in [-0.4, -0.2) is 17.5 Å². The van der Waals surface area contributed by atoms with E-state index in [9.17, 15) is 10.1 Å². The van der Waals surface area contributed by atoms with Gasteiger partial charge in [0.25, 0.3) is 0 Å². The predicted octanol–water partition coefficient (Wildman–Crippen LogP) is 2.82. The number of nitrogens with zero attached hydrogens (tertiary/aromatic N) is 2. The average molecular weight is 266 g/mol. The van der Waals surface area contributed by atoms with Crippen molar-refractivity contribution in [2.45, 2.75) is 0 Å². The molecule has 0 aliphatic heterocycles. The van der Waals surface area contributed by atoms with Crippen molar-refractivity contribution < 1.29 is 9.53 Å². The van der Waals surface area contributed by atoms with Gasteiger partial charge in [-0.25, -0.2) is 0 Å². The molecule has 0 bridgehead atoms. The summed E-state index contributed by atoms with van der Waals surface area (Å²) in [7, 11) is 3.39. The van der Waals surface area contributed by atoms with E-state index in [1.165, 1.54) is 7.11 Å². The summed E-state index contributed by atoms with van der Waals surface area (Å²) in [6.45, 7) is 0. The standard InChI is InChI=1S/C16H14N2O2/c1-18-8-4-6-14(18)9-13(11-17)16(19)12-5-3-7-15(10-12)20-2/h3-10H,1-2H3/b13-9-. The number of aromatic nitrogens is 1. The van der Waals surface area contributed by atoms with Crippen LogP contribution in [0.1, 0.15) is 16.1 Å². The second-order valence-corrected chi connectivity index (χ2v) is 4.27. The highest BCUT2D eigenvalue weighted by molar-refractivity contribution is 6.14. The Morgan fingerprint density at radius 3 is 2.75 bits per heavy atom. The number of Topliss-reactive ketones (excluding diaryl/α,β-unsaturated/α-hetero) is 1. The maximum absolute atomic E-state index is 12.3. The number of aryl methyl sites for hydroxylation is 1. The molecule has 20 heavy (non-hydrogen) atoms. The summed E-state index contributed by atoms with van der Waals surface area (Å²) in [6, 6.07) is 12.4. The first-order chi connectivity index (χ1) is 9.65. The molecule has 0 amide bonds. The molecule has 0 spiro atoms. The molecule has 0 N–H and O–H groups in total. The van der Waals surface area contributed by atoms with Gasteiger partial charge in [-0.1, -0.05) is 12.1 Å². The largest absolute Gasteiger partial charge is 0.497 e. The molecule has 0 aliphatic carbocycles. The highest BCUT2D eigenvalue weighted by Gasteiger charge is 2.13. The van der Waals surface area contributed by atoms with E-state index in [1.807, 2.05) is 36.0 Å². The molecule has 2 rings (SSSR count). The minimum atomic E-state index is -0.312. The third-order valence-corrected chi connectivity index (χ3v) is 2.97. The van der Waals surface area contributed by atoms with Crippen LogP contribution in [-0.2, 0) is 7.05 Å². The minimum absolute atomic E-state index is 0.0973. The molecule has 0 fully saturated rings. The zero-order chi connectivity index (χ0) is 14.5. The van der Waals surface area contributed by atoms with Crippen molar-refractivity contribution in [3.63, 3.8) is 0 Å². The second-order valence-electron chi connectivity index (χ2n) is 4.27. The van der Waals surface area contributed by atoms with Gasteiger partial charge in [0.05, 0.1) is 7.11 Å². The van der Waals surface area contributed by atoms with E-state index in [4.69, 9.17) is 4.74 Å². The molecule has 0 unspecified atom stereocenters. The zero-order valence-corrected chi connectivity index (χ0v) is 11.3. The maximum Gasteiger partial charge on any atom is 0.203 e. The van der Waals surface area contributed by atoms with Gasteiger partial charge < -0.3 is 9.30 Å². The Morgan fingerprint density at radius 2 is 2.15 bits per heavy atom. The van der Waals surface area contributed by atoms with E-state index < -0.39 is 0 Å². The van der Waals surface area contributed by atoms with Crippen LogP contribution in [0.3, 0.4) is 0 Å². The monoisotopic (exact) mass is 266 g/mol. The Bertz CT molecular complexity index is 705. The van der Waals surface area contributed by atoms with Crippen molar-refractivity contribution in [1.29, 1.82) is 5.26 Å². The summed E-state index contributed by atoms with van der Waals surface area (Å²) in [6.07, 6.45) is 3.44. The Hall–Kier alpha value is -2.80. The Kier molecular flexibility index (Phi) is 4.02. The fraction of sp³-hybridized carbons (Fsp3) is 0.125. The van der Waals surface area contributed by atoms with Crippen LogP contribution < -0.4 is 4.74 Å². The van der Waals surface area contributed by atoms with Gasteiger partial charge in [-0.15, -0.1) is 0 Å². The molecule has 1 aromatic heterocycles. The van der Waals surface area contributed by atoms with E-state index in [0.29, 0.717) is 11.3 Å². The topological polar surface area (TPSA) is 55.0 Å². The van der Waals surface area contributed by atoms with Crippen LogP contribution >= 0.6 is 0 Å². The molecular weight excluding hydrogens is 252 g/mol. The van der Waals surface area contributed by atoms with Crippen LogP contribution in [0.15, 0.2) is 48.2 Å². The van der Waals surface area contributed by atoms with Gasteiger partial charge in [0.1, 0.15) is 17.4 Å². The predicted molar refractivity (Wildman–Crippen MR) is 76.3 cm³/mol. The lowest BCUT2D eigenvalue weighted by molar-refractivity contribution is 0.103. The Morgan fingerprint density at radius 1 is 1.35 bits per heavy atom. The second kappa shape index (κ2) is 5.89. The molecule has 1 aromatic carbocycles. The summed E-state index contributed by atoms with van der Waals surface area (Å²) in [4.78, 5) is 12.3. The third-order valence-electron chi connectivity index (χ3n) is 2.97. The number of allylic oxidation sites excluding steroid dienone is 1. The van der Waals surface area contributed by atoms with E-state index >= 15 is 0 Å². The van der Waals surface area contributed by atoms with Gasteiger partial charge in [0.2, 0.25) is 5.78 Å². The van der Waals surface area contributed by atoms with Gasteiger partial charge in [0, 0.05) is 24.5 Å². The number of benzene rings is 1. The van der Waals surface area contributed by atoms with E-state index in [-0.39, 0.29) is 11.4 Å². The molecular formula is C16H14N2O2. The summed E-state index contributed by atoms with van der Waals surface area (Å²) in [5, 5.41) is 9.19. The summed E-state index contributed by atoms with van der Waals surface area (Å²) >= 11 is 0. The molecule has 1 heterocycles. The van der Waals surface area contributed by atoms with E-state index in [0.717, 1.165) is 5.69 Å². The lowest BCUT2D eigenvalue weighted by Gasteiger charge is -2.03. The molecule has 4 heteroatoms. The molecule has 2 aromatic rings. The van der Waals surface area contributed by atoms with Crippen LogP contribution in [0.5, 0.6) is 5.75 Å². The molecule has 0 radical (unpaired) electrons. The van der Waals surface area contributed by atoms with Crippen molar-refractivity contribution >= 4 is 11.9 Å². The normalized spacial score (nSPS) is 10.9. The first-order valence-electron chi connectivity index (χ1n) is 6.07. The first kappa shape index (κ1) is 13.6. The molecule has 0 saturated heterocycles. The number of carbonyl (C=O) groups is 1. The summed E-state index contributed by atoms with van der Waals surface area (Å²) in [5.41, 5.74) is 1.34. The quantitative estimate of drug-likeness (QED) is 0.486. The van der Waals surface area contributed by atoms with Gasteiger partial charge in [-0.2, -0.15) is 5.26 Å². The van der Waals surface area contributed by atoms with Crippen molar-refractivity contribution in [2.24, 2.45) is 7.05 Å². The molecule has 4 nitrogen and oxygen atoms in total. The van der Waals surface area contributed by atoms with Gasteiger partial charge in [-0.3, -0.25) is 4.79 Å². The number of hydrogen-bond donors (Lipinski definition) is 0. The van der Waals surface area contributed by atoms with Gasteiger partial charge in [-0.05, 0) is 30.3 Å². The van der Waals surface area contributed by atoms with Crippen molar-refractivity contribution in [2.75, 3.05) is 7.11 Å². The number of ketones is 1. The molecule has 0 atom stereocenters. The highest BCUT2D eigenvalue weighted by atomic mass is 16.5. The average Bonchev–Trinajstić information content (AvgIpc) is 2.89. The summed E-state index contributed by atoms with van der Waals surface area (Å²) < 4.78 is 6.93. The maximum atomic E-state index is 12.3. The van der Waals surface area contributed by atoms with Crippen molar-refractivity contribution in [1.82, 2.24) is 4.57 Å². The Labute approximate surface area is 117 Å². The number of hydrogen-bond acceptors (Lipinski definition) is 3. The van der Waals surface area contributed by atoms with E-state index in [1.54, 1.807) is 30.3 Å². The fourth-order valence-corrected chi connectivity index (χ4v) is 1.84. The summed E-state index contributed by atoms with van der Waals surface area (Å²) in [5.74, 6) is 0.277. The van der Waals surface area contributed by atoms with Gasteiger partial charge >= 0.3 is 0 Å². The molecule has 0 aliphatic rings. The molecule has 100 valence electrons. The van der Waals surface area contributed by atoms with E-state index in [2.05, 4.69) is 0 Å². The number of methoxy groups -OCH3 is 1. The van der Waals surface area contributed by atoms with Crippen LogP contribution in [0, 0.1) is 11.3 Å². The van der Waals surface area contributed by atoms with Crippen LogP contribution in [0.4, 0.5) is 0 Å². The van der Waals surface area contributed by atoms with Crippen molar-refractivity contribution in [3.05, 3.63) is 59.4 Å². The molecule has 0 saturated carbocycles. The number of ether oxygens (including phenoxy) is 1. The number of rotatable bonds is 4. The minimum Gasteiger partial charge on any atom is -0.497 e. The third kappa shape index (κ3) is 2.78. The fourth-order valence-electron chi connectivity index (χ4n) is 1.84. The van der Waals surface area contributed by atoms with Crippen LogP contribution in [0.2, 0.25) is 0 Å². The first-order valence-corrected chi connectivity index (χ1v) is 6.07. The smallest absolute Gasteiger partial charge is 0.203 e. The highest BCUT2D eigenvalue weighted by Crippen LogP contribution is 2.17. The van der Waals surface area contributed by atoms with Crippen molar-refractivity contribution in [3.8, 4) is 11.8 Å². The van der Waals surface area contributed by atoms with Gasteiger partial charge in [0.15, 0.2) is 0 Å². The lowest BCUT2D eigenvalue weighted by atomic mass is 10.0. The zero-order valence-electron chi connectivity index (χ0n) is 11.3. The number of nitriles is 1. The number of carbonyl (C=O) groups excluding carboxylic acids is 1. The lowest BCUT2D eigenvalue weighted by Crippen LogP contribution is -2.03. The van der Waals surface area contributed by atoms with Crippen LogP contribution in [0.25, 0.3) is 6.08 Å².